The molecule has 0 aliphatic carbocycles. The highest BCUT2D eigenvalue weighted by atomic mass is 16.1. The summed E-state index contributed by atoms with van der Waals surface area (Å²) in [7, 11) is 0. The van der Waals surface area contributed by atoms with Gasteiger partial charge in [0.2, 0.25) is 0 Å². The van der Waals surface area contributed by atoms with E-state index in [2.05, 4.69) is 35.4 Å². The molecule has 1 atom stereocenters. The number of hydrogen-bond acceptors (Lipinski definition) is 2. The number of piperidine rings is 1. The van der Waals surface area contributed by atoms with Crippen LogP contribution < -0.4 is 5.32 Å². The van der Waals surface area contributed by atoms with Gasteiger partial charge < -0.3 is 10.3 Å². The molecule has 0 bridgehead atoms. The molecule has 1 fully saturated rings. The first-order valence-corrected chi connectivity index (χ1v) is 6.05. The van der Waals surface area contributed by atoms with Gasteiger partial charge in [0.05, 0.1) is 6.54 Å². The molecule has 1 aliphatic heterocycles. The zero-order chi connectivity index (χ0) is 11.8. The lowest BCUT2D eigenvalue weighted by atomic mass is 9.89. The molecule has 3 heteroatoms. The standard InChI is InChI=1S/C14H16N2O/c1-9-14(10-6-11(17)8-15-7-10)12-4-2-3-5-13(12)16-9/h2-5,10,15-16H,6-8H2,1H3. The van der Waals surface area contributed by atoms with Crippen molar-refractivity contribution in [1.29, 1.82) is 0 Å². The highest BCUT2D eigenvalue weighted by Crippen LogP contribution is 2.31. The molecule has 2 N–H and O–H groups in total. The normalized spacial score (nSPS) is 21.0. The topological polar surface area (TPSA) is 44.9 Å². The molecule has 3 rings (SSSR count). The van der Waals surface area contributed by atoms with Gasteiger partial charge in [0.1, 0.15) is 5.78 Å². The maximum atomic E-state index is 11.5. The number of aryl methyl sites for hydroxylation is 1. The van der Waals surface area contributed by atoms with Crippen LogP contribution in [0.25, 0.3) is 10.9 Å². The number of hydrogen-bond donors (Lipinski definition) is 2. The Kier molecular flexibility index (Phi) is 2.48. The summed E-state index contributed by atoms with van der Waals surface area (Å²) < 4.78 is 0. The van der Waals surface area contributed by atoms with Gasteiger partial charge in [-0.2, -0.15) is 0 Å². The number of aromatic nitrogens is 1. The van der Waals surface area contributed by atoms with Crippen molar-refractivity contribution in [2.24, 2.45) is 0 Å². The summed E-state index contributed by atoms with van der Waals surface area (Å²) in [5.41, 5.74) is 3.66. The summed E-state index contributed by atoms with van der Waals surface area (Å²) in [5, 5.41) is 4.46. The molecular weight excluding hydrogens is 212 g/mol. The van der Waals surface area contributed by atoms with E-state index in [4.69, 9.17) is 0 Å². The van der Waals surface area contributed by atoms with E-state index < -0.39 is 0 Å². The molecule has 2 heterocycles. The quantitative estimate of drug-likeness (QED) is 0.785. The second kappa shape index (κ2) is 4.00. The molecule has 1 unspecified atom stereocenters. The zero-order valence-electron chi connectivity index (χ0n) is 9.92. The predicted octanol–water partition coefficient (Wildman–Crippen LogP) is 2.12. The van der Waals surface area contributed by atoms with Crippen LogP contribution in [0.15, 0.2) is 24.3 Å². The smallest absolute Gasteiger partial charge is 0.147 e. The van der Waals surface area contributed by atoms with Crippen molar-refractivity contribution in [2.45, 2.75) is 19.3 Å². The SMILES string of the molecule is Cc1[nH]c2ccccc2c1C1CNCC(=O)C1. The Morgan fingerprint density at radius 1 is 1.29 bits per heavy atom. The first-order valence-electron chi connectivity index (χ1n) is 6.05. The zero-order valence-corrected chi connectivity index (χ0v) is 9.92. The van der Waals surface area contributed by atoms with Crippen molar-refractivity contribution in [1.82, 2.24) is 10.3 Å². The Morgan fingerprint density at radius 2 is 2.12 bits per heavy atom. The molecular formula is C14H16N2O. The minimum absolute atomic E-state index is 0.311. The fourth-order valence-corrected chi connectivity index (χ4v) is 2.83. The van der Waals surface area contributed by atoms with E-state index in [0.717, 1.165) is 12.1 Å². The molecule has 17 heavy (non-hydrogen) atoms. The number of para-hydroxylation sites is 1. The summed E-state index contributed by atoms with van der Waals surface area (Å²) in [6, 6.07) is 8.31. The van der Waals surface area contributed by atoms with Crippen molar-refractivity contribution in [3.63, 3.8) is 0 Å². The molecule has 3 nitrogen and oxygen atoms in total. The van der Waals surface area contributed by atoms with Gasteiger partial charge >= 0.3 is 0 Å². The van der Waals surface area contributed by atoms with Crippen LogP contribution in [0.5, 0.6) is 0 Å². The van der Waals surface area contributed by atoms with Gasteiger partial charge in [-0.3, -0.25) is 4.79 Å². The molecule has 0 amide bonds. The Morgan fingerprint density at radius 3 is 2.94 bits per heavy atom. The first-order chi connectivity index (χ1) is 8.25. The maximum Gasteiger partial charge on any atom is 0.147 e. The number of carbonyl (C=O) groups is 1. The van der Waals surface area contributed by atoms with Crippen molar-refractivity contribution in [3.05, 3.63) is 35.5 Å². The number of aromatic amines is 1. The van der Waals surface area contributed by atoms with Gasteiger partial charge in [-0.05, 0) is 18.6 Å². The number of ketones is 1. The molecule has 0 saturated carbocycles. The van der Waals surface area contributed by atoms with E-state index >= 15 is 0 Å². The largest absolute Gasteiger partial charge is 0.358 e. The number of fused-ring (bicyclic) bond motifs is 1. The van der Waals surface area contributed by atoms with Gasteiger partial charge in [0.25, 0.3) is 0 Å². The fourth-order valence-electron chi connectivity index (χ4n) is 2.83. The molecule has 2 aromatic rings. The predicted molar refractivity (Wildman–Crippen MR) is 68.3 cm³/mol. The Labute approximate surface area is 100 Å². The second-order valence-electron chi connectivity index (χ2n) is 4.78. The van der Waals surface area contributed by atoms with E-state index in [0.29, 0.717) is 24.7 Å². The summed E-state index contributed by atoms with van der Waals surface area (Å²) in [5.74, 6) is 0.623. The van der Waals surface area contributed by atoms with Crippen LogP contribution in [0, 0.1) is 6.92 Å². The molecule has 1 saturated heterocycles. The van der Waals surface area contributed by atoms with Crippen LogP contribution >= 0.6 is 0 Å². The Bertz CT molecular complexity index is 571. The van der Waals surface area contributed by atoms with Crippen LogP contribution in [0.3, 0.4) is 0 Å². The lowest BCUT2D eigenvalue weighted by Crippen LogP contribution is -2.35. The number of carbonyl (C=O) groups excluding carboxylic acids is 1. The Hall–Kier alpha value is -1.61. The van der Waals surface area contributed by atoms with Gasteiger partial charge in [-0.1, -0.05) is 18.2 Å². The summed E-state index contributed by atoms with van der Waals surface area (Å²) >= 11 is 0. The number of rotatable bonds is 1. The average molecular weight is 228 g/mol. The van der Waals surface area contributed by atoms with Gasteiger partial charge in [-0.25, -0.2) is 0 Å². The third-order valence-corrected chi connectivity index (χ3v) is 3.54. The number of Topliss-reactive ketones (excluding diaryl/α,β-unsaturated/α-hetero) is 1. The third kappa shape index (κ3) is 1.76. The lowest BCUT2D eigenvalue weighted by Gasteiger charge is -2.22. The summed E-state index contributed by atoms with van der Waals surface area (Å²) in [6.07, 6.45) is 0.662. The van der Waals surface area contributed by atoms with Crippen molar-refractivity contribution in [2.75, 3.05) is 13.1 Å². The van der Waals surface area contributed by atoms with Crippen molar-refractivity contribution in [3.8, 4) is 0 Å². The first kappa shape index (κ1) is 10.5. The minimum Gasteiger partial charge on any atom is -0.358 e. The molecule has 0 radical (unpaired) electrons. The Balaban J connectivity index is 2.09. The van der Waals surface area contributed by atoms with Crippen LogP contribution in [0.4, 0.5) is 0 Å². The van der Waals surface area contributed by atoms with Crippen LogP contribution in [0.1, 0.15) is 23.6 Å². The van der Waals surface area contributed by atoms with Gasteiger partial charge in [-0.15, -0.1) is 0 Å². The number of nitrogens with one attached hydrogen (secondary N) is 2. The van der Waals surface area contributed by atoms with E-state index in [1.54, 1.807) is 0 Å². The van der Waals surface area contributed by atoms with Crippen molar-refractivity contribution >= 4 is 16.7 Å². The molecule has 1 aromatic carbocycles. The van der Waals surface area contributed by atoms with Gasteiger partial charge in [0, 0.05) is 35.5 Å². The minimum atomic E-state index is 0.311. The summed E-state index contributed by atoms with van der Waals surface area (Å²) in [6.45, 7) is 3.51. The van der Waals surface area contributed by atoms with E-state index in [1.807, 2.05) is 6.07 Å². The van der Waals surface area contributed by atoms with Crippen molar-refractivity contribution < 1.29 is 4.79 Å². The highest BCUT2D eigenvalue weighted by molar-refractivity contribution is 5.87. The average Bonchev–Trinajstić information content (AvgIpc) is 2.64. The molecule has 1 aliphatic rings. The third-order valence-electron chi connectivity index (χ3n) is 3.54. The van der Waals surface area contributed by atoms with Gasteiger partial charge in [0.15, 0.2) is 0 Å². The molecule has 1 aromatic heterocycles. The molecule has 88 valence electrons. The fraction of sp³-hybridized carbons (Fsp3) is 0.357. The lowest BCUT2D eigenvalue weighted by molar-refractivity contribution is -0.119. The highest BCUT2D eigenvalue weighted by Gasteiger charge is 2.24. The number of H-pyrrole nitrogens is 1. The number of benzene rings is 1. The van der Waals surface area contributed by atoms with Crippen LogP contribution in [-0.4, -0.2) is 23.9 Å². The van der Waals surface area contributed by atoms with E-state index in [9.17, 15) is 4.79 Å². The monoisotopic (exact) mass is 228 g/mol. The van der Waals surface area contributed by atoms with E-state index in [-0.39, 0.29) is 0 Å². The van der Waals surface area contributed by atoms with Crippen LogP contribution in [0.2, 0.25) is 0 Å². The van der Waals surface area contributed by atoms with E-state index in [1.165, 1.54) is 16.6 Å². The maximum absolute atomic E-state index is 11.5. The van der Waals surface area contributed by atoms with Crippen LogP contribution in [-0.2, 0) is 4.79 Å². The molecule has 0 spiro atoms. The summed E-state index contributed by atoms with van der Waals surface area (Å²) in [4.78, 5) is 14.9. The second-order valence-corrected chi connectivity index (χ2v) is 4.78.